The number of nitrogens with zero attached hydrogens (tertiary/aromatic N) is 2. The van der Waals surface area contributed by atoms with E-state index in [0.29, 0.717) is 24.6 Å². The molecule has 3 rings (SSSR count). The van der Waals surface area contributed by atoms with Crippen LogP contribution in [-0.2, 0) is 43.9 Å². The van der Waals surface area contributed by atoms with Crippen molar-refractivity contribution in [3.63, 3.8) is 0 Å². The van der Waals surface area contributed by atoms with Crippen LogP contribution in [0.5, 0.6) is 0 Å². The molecule has 0 radical (unpaired) electrons. The van der Waals surface area contributed by atoms with Crippen molar-refractivity contribution in [3.8, 4) is 0 Å². The minimum absolute atomic E-state index is 0.0333. The van der Waals surface area contributed by atoms with Crippen LogP contribution >= 0.6 is 11.6 Å². The first-order valence-corrected chi connectivity index (χ1v) is 16.2. The van der Waals surface area contributed by atoms with E-state index in [9.17, 15) is 18.0 Å². The molecule has 0 aliphatic rings. The molecular formula is C32H40ClN3O5S. The van der Waals surface area contributed by atoms with Crippen molar-refractivity contribution in [3.05, 3.63) is 107 Å². The SMILES string of the molecule is CC(C)OCCCNC(=O)[C@H](Cc1ccccc1)N(Cc1ccc(Cl)cc1)C(=O)CN(Cc1ccccc1)S(C)(=O)=O. The van der Waals surface area contributed by atoms with Crippen LogP contribution in [-0.4, -0.2) is 67.5 Å². The van der Waals surface area contributed by atoms with E-state index in [2.05, 4.69) is 5.32 Å². The van der Waals surface area contributed by atoms with Crippen LogP contribution < -0.4 is 5.32 Å². The first-order valence-electron chi connectivity index (χ1n) is 14.0. The normalized spacial score (nSPS) is 12.3. The van der Waals surface area contributed by atoms with E-state index in [1.807, 2.05) is 74.5 Å². The first-order chi connectivity index (χ1) is 20.0. The summed E-state index contributed by atoms with van der Waals surface area (Å²) in [6.45, 7) is 4.49. The molecule has 1 N–H and O–H groups in total. The van der Waals surface area contributed by atoms with Crippen LogP contribution in [0.25, 0.3) is 0 Å². The summed E-state index contributed by atoms with van der Waals surface area (Å²) in [5.41, 5.74) is 2.39. The summed E-state index contributed by atoms with van der Waals surface area (Å²) in [4.78, 5) is 29.2. The fraction of sp³-hybridized carbons (Fsp3) is 0.375. The van der Waals surface area contributed by atoms with Crippen LogP contribution in [0.1, 0.15) is 37.0 Å². The fourth-order valence-electron chi connectivity index (χ4n) is 4.38. The summed E-state index contributed by atoms with van der Waals surface area (Å²) in [7, 11) is -3.75. The maximum Gasteiger partial charge on any atom is 0.243 e. The van der Waals surface area contributed by atoms with E-state index in [1.54, 1.807) is 24.3 Å². The molecule has 42 heavy (non-hydrogen) atoms. The maximum atomic E-state index is 14.0. The molecule has 0 unspecified atom stereocenters. The molecule has 0 fully saturated rings. The molecule has 0 saturated heterocycles. The molecule has 0 aliphatic heterocycles. The molecule has 0 heterocycles. The lowest BCUT2D eigenvalue weighted by atomic mass is 10.0. The predicted molar refractivity (Wildman–Crippen MR) is 166 cm³/mol. The van der Waals surface area contributed by atoms with Crippen molar-refractivity contribution < 1.29 is 22.7 Å². The Morgan fingerprint density at radius 3 is 2.00 bits per heavy atom. The largest absolute Gasteiger partial charge is 0.379 e. The number of sulfonamides is 1. The molecular weight excluding hydrogens is 574 g/mol. The van der Waals surface area contributed by atoms with Crippen LogP contribution in [0.15, 0.2) is 84.9 Å². The molecule has 0 aliphatic carbocycles. The standard InChI is InChI=1S/C32H40ClN3O5S/c1-25(2)41-20-10-19-34-32(38)30(21-26-11-6-4-7-12-26)36(23-28-15-17-29(33)18-16-28)31(37)24-35(42(3,39)40)22-27-13-8-5-9-14-27/h4-9,11-18,25,30H,10,19-24H2,1-3H3,(H,34,38)/t30-/m0/s1. The molecule has 0 aromatic heterocycles. The van der Waals surface area contributed by atoms with Crippen molar-refractivity contribution in [2.45, 2.75) is 51.9 Å². The average Bonchev–Trinajstić information content (AvgIpc) is 2.95. The van der Waals surface area contributed by atoms with Crippen LogP contribution in [0.2, 0.25) is 5.02 Å². The Hall–Kier alpha value is -3.24. The highest BCUT2D eigenvalue weighted by atomic mass is 35.5. The van der Waals surface area contributed by atoms with Crippen LogP contribution in [0.3, 0.4) is 0 Å². The molecule has 8 nitrogen and oxygen atoms in total. The second-order valence-electron chi connectivity index (χ2n) is 10.4. The molecule has 0 bridgehead atoms. The Labute approximate surface area is 254 Å². The van der Waals surface area contributed by atoms with Gasteiger partial charge in [0, 0.05) is 37.7 Å². The minimum Gasteiger partial charge on any atom is -0.379 e. The molecule has 10 heteroatoms. The van der Waals surface area contributed by atoms with E-state index in [1.165, 1.54) is 4.90 Å². The summed E-state index contributed by atoms with van der Waals surface area (Å²) in [5.74, 6) is -0.801. The number of hydrogen-bond donors (Lipinski definition) is 1. The van der Waals surface area contributed by atoms with E-state index >= 15 is 0 Å². The number of carbonyl (C=O) groups is 2. The Kier molecular flexibility index (Phi) is 13.0. The lowest BCUT2D eigenvalue weighted by molar-refractivity contribution is -0.141. The van der Waals surface area contributed by atoms with Gasteiger partial charge in [0.25, 0.3) is 0 Å². The quantitative estimate of drug-likeness (QED) is 0.237. The lowest BCUT2D eigenvalue weighted by Gasteiger charge is -2.33. The second-order valence-corrected chi connectivity index (χ2v) is 12.9. The predicted octanol–water partition coefficient (Wildman–Crippen LogP) is 4.67. The third-order valence-electron chi connectivity index (χ3n) is 6.59. The Morgan fingerprint density at radius 1 is 0.857 bits per heavy atom. The summed E-state index contributed by atoms with van der Waals surface area (Å²) in [5, 5.41) is 3.51. The number of rotatable bonds is 16. The van der Waals surface area contributed by atoms with Crippen molar-refractivity contribution in [2.75, 3.05) is 26.0 Å². The summed E-state index contributed by atoms with van der Waals surface area (Å²) in [6.07, 6.45) is 2.05. The van der Waals surface area contributed by atoms with Gasteiger partial charge in [0.15, 0.2) is 0 Å². The number of benzene rings is 3. The highest BCUT2D eigenvalue weighted by Gasteiger charge is 2.32. The Balaban J connectivity index is 1.92. The number of amides is 2. The Bertz CT molecular complexity index is 1370. The molecule has 2 amide bonds. The third kappa shape index (κ3) is 11.2. The van der Waals surface area contributed by atoms with Gasteiger partial charge in [0.1, 0.15) is 6.04 Å². The van der Waals surface area contributed by atoms with Gasteiger partial charge in [-0.05, 0) is 49.1 Å². The average molecular weight is 614 g/mol. The van der Waals surface area contributed by atoms with Crippen molar-refractivity contribution in [2.24, 2.45) is 0 Å². The number of ether oxygens (including phenoxy) is 1. The zero-order valence-corrected chi connectivity index (χ0v) is 26.0. The van der Waals surface area contributed by atoms with Gasteiger partial charge in [-0.25, -0.2) is 8.42 Å². The van der Waals surface area contributed by atoms with E-state index in [4.69, 9.17) is 16.3 Å². The summed E-state index contributed by atoms with van der Waals surface area (Å²) < 4.78 is 32.3. The van der Waals surface area contributed by atoms with Crippen molar-refractivity contribution in [1.29, 1.82) is 0 Å². The number of hydrogen-bond acceptors (Lipinski definition) is 5. The molecule has 226 valence electrons. The zero-order valence-electron chi connectivity index (χ0n) is 24.4. The van der Waals surface area contributed by atoms with Gasteiger partial charge < -0.3 is 15.0 Å². The smallest absolute Gasteiger partial charge is 0.243 e. The zero-order chi connectivity index (χ0) is 30.5. The van der Waals surface area contributed by atoms with Crippen LogP contribution in [0.4, 0.5) is 0 Å². The van der Waals surface area contributed by atoms with Gasteiger partial charge >= 0.3 is 0 Å². The fourth-order valence-corrected chi connectivity index (χ4v) is 5.23. The highest BCUT2D eigenvalue weighted by molar-refractivity contribution is 7.88. The van der Waals surface area contributed by atoms with Gasteiger partial charge in [0.05, 0.1) is 18.9 Å². The first kappa shape index (κ1) is 33.3. The summed E-state index contributed by atoms with van der Waals surface area (Å²) >= 11 is 6.10. The Morgan fingerprint density at radius 2 is 1.43 bits per heavy atom. The van der Waals surface area contributed by atoms with Gasteiger partial charge in [-0.3, -0.25) is 9.59 Å². The van der Waals surface area contributed by atoms with Crippen LogP contribution in [0, 0.1) is 0 Å². The maximum absolute atomic E-state index is 14.0. The summed E-state index contributed by atoms with van der Waals surface area (Å²) in [6, 6.07) is 24.7. The van der Waals surface area contributed by atoms with Crippen molar-refractivity contribution in [1.82, 2.24) is 14.5 Å². The number of nitrogens with one attached hydrogen (secondary N) is 1. The van der Waals surface area contributed by atoms with E-state index < -0.39 is 28.5 Å². The highest BCUT2D eigenvalue weighted by Crippen LogP contribution is 2.18. The van der Waals surface area contributed by atoms with Gasteiger partial charge in [-0.1, -0.05) is 84.4 Å². The lowest BCUT2D eigenvalue weighted by Crippen LogP contribution is -2.53. The number of carbonyl (C=O) groups excluding carboxylic acids is 2. The molecule has 0 spiro atoms. The molecule has 3 aromatic carbocycles. The van der Waals surface area contributed by atoms with E-state index in [0.717, 1.165) is 27.3 Å². The minimum atomic E-state index is -3.75. The molecule has 1 atom stereocenters. The second kappa shape index (κ2) is 16.4. The monoisotopic (exact) mass is 613 g/mol. The topological polar surface area (TPSA) is 96.0 Å². The third-order valence-corrected chi connectivity index (χ3v) is 8.04. The van der Waals surface area contributed by atoms with Gasteiger partial charge in [-0.2, -0.15) is 4.31 Å². The van der Waals surface area contributed by atoms with E-state index in [-0.39, 0.29) is 31.5 Å². The van der Waals surface area contributed by atoms with Gasteiger partial charge in [-0.15, -0.1) is 0 Å². The van der Waals surface area contributed by atoms with Crippen molar-refractivity contribution >= 4 is 33.4 Å². The molecule has 0 saturated carbocycles. The number of halogens is 1. The van der Waals surface area contributed by atoms with Gasteiger partial charge in [0.2, 0.25) is 21.8 Å². The molecule has 3 aromatic rings.